The molecular formula is C19H21ClN2O3. The lowest BCUT2D eigenvalue weighted by molar-refractivity contribution is -0.150. The molecule has 1 saturated carbocycles. The van der Waals surface area contributed by atoms with E-state index in [0.717, 1.165) is 24.8 Å². The molecule has 0 unspecified atom stereocenters. The van der Waals surface area contributed by atoms with Crippen molar-refractivity contribution in [3.63, 3.8) is 0 Å². The van der Waals surface area contributed by atoms with Gasteiger partial charge in [-0.3, -0.25) is 4.79 Å². The standard InChI is InChI=1S/C19H21ClN2O3/c1-22(19(14-21)11-3-2-4-12-19)17(23)13-25-18(24)10-7-15-5-8-16(20)9-6-15/h5-10H,2-4,11-13H2,1H3/b10-7+. The average Bonchev–Trinajstić information content (AvgIpc) is 2.65. The molecule has 132 valence electrons. The summed E-state index contributed by atoms with van der Waals surface area (Å²) in [6.07, 6.45) is 7.10. The van der Waals surface area contributed by atoms with E-state index in [9.17, 15) is 14.9 Å². The second kappa shape index (κ2) is 8.68. The number of carbonyl (C=O) groups is 2. The van der Waals surface area contributed by atoms with Crippen molar-refractivity contribution in [3.8, 4) is 6.07 Å². The summed E-state index contributed by atoms with van der Waals surface area (Å²) in [6.45, 7) is -0.371. The third-order valence-electron chi connectivity index (χ3n) is 4.52. The summed E-state index contributed by atoms with van der Waals surface area (Å²) in [4.78, 5) is 25.5. The first kappa shape index (κ1) is 19.0. The Morgan fingerprint density at radius 2 is 1.92 bits per heavy atom. The third-order valence-corrected chi connectivity index (χ3v) is 4.78. The van der Waals surface area contributed by atoms with E-state index >= 15 is 0 Å². The van der Waals surface area contributed by atoms with Gasteiger partial charge in [-0.25, -0.2) is 4.79 Å². The van der Waals surface area contributed by atoms with Crippen molar-refractivity contribution in [3.05, 3.63) is 40.9 Å². The maximum Gasteiger partial charge on any atom is 0.331 e. The normalized spacial score (nSPS) is 16.2. The number of hydrogen-bond acceptors (Lipinski definition) is 4. The van der Waals surface area contributed by atoms with Gasteiger partial charge < -0.3 is 9.64 Å². The van der Waals surface area contributed by atoms with Gasteiger partial charge in [-0.05, 0) is 36.6 Å². The van der Waals surface area contributed by atoms with E-state index in [-0.39, 0.29) is 12.5 Å². The van der Waals surface area contributed by atoms with Gasteiger partial charge in [-0.2, -0.15) is 5.26 Å². The summed E-state index contributed by atoms with van der Waals surface area (Å²) in [5.41, 5.74) is 0.0244. The summed E-state index contributed by atoms with van der Waals surface area (Å²) < 4.78 is 5.00. The zero-order chi connectivity index (χ0) is 18.3. The number of amides is 1. The molecule has 0 saturated heterocycles. The van der Waals surface area contributed by atoms with Crippen LogP contribution in [-0.4, -0.2) is 36.0 Å². The molecule has 1 aromatic rings. The molecule has 1 amide bonds. The smallest absolute Gasteiger partial charge is 0.331 e. The molecule has 5 nitrogen and oxygen atoms in total. The van der Waals surface area contributed by atoms with Gasteiger partial charge in [0.2, 0.25) is 0 Å². The zero-order valence-electron chi connectivity index (χ0n) is 14.2. The molecule has 0 spiro atoms. The van der Waals surface area contributed by atoms with Crippen LogP contribution in [0.3, 0.4) is 0 Å². The number of nitriles is 1. The van der Waals surface area contributed by atoms with Gasteiger partial charge in [-0.15, -0.1) is 0 Å². The molecule has 0 atom stereocenters. The van der Waals surface area contributed by atoms with Crippen molar-refractivity contribution in [1.29, 1.82) is 5.26 Å². The van der Waals surface area contributed by atoms with Gasteiger partial charge in [0.05, 0.1) is 6.07 Å². The van der Waals surface area contributed by atoms with Crippen molar-refractivity contribution >= 4 is 29.6 Å². The summed E-state index contributed by atoms with van der Waals surface area (Å²) >= 11 is 5.80. The Balaban J connectivity index is 1.87. The average molecular weight is 361 g/mol. The first-order valence-electron chi connectivity index (χ1n) is 8.25. The van der Waals surface area contributed by atoms with Crippen LogP contribution in [0.5, 0.6) is 0 Å². The van der Waals surface area contributed by atoms with E-state index in [1.165, 1.54) is 11.0 Å². The zero-order valence-corrected chi connectivity index (χ0v) is 15.0. The Bertz CT molecular complexity index is 686. The highest BCUT2D eigenvalue weighted by Crippen LogP contribution is 2.32. The largest absolute Gasteiger partial charge is 0.452 e. The molecule has 0 aromatic heterocycles. The molecule has 0 bridgehead atoms. The first-order chi connectivity index (χ1) is 12.0. The Labute approximate surface area is 152 Å². The third kappa shape index (κ3) is 5.07. The molecule has 1 aliphatic rings. The lowest BCUT2D eigenvalue weighted by atomic mass is 9.81. The number of carbonyl (C=O) groups excluding carboxylic acids is 2. The maximum atomic E-state index is 12.3. The Morgan fingerprint density at radius 3 is 2.52 bits per heavy atom. The minimum absolute atomic E-state index is 0.364. The summed E-state index contributed by atoms with van der Waals surface area (Å²) in [6, 6.07) is 9.25. The minimum Gasteiger partial charge on any atom is -0.452 e. The monoisotopic (exact) mass is 360 g/mol. The number of halogens is 1. The fraction of sp³-hybridized carbons (Fsp3) is 0.421. The van der Waals surface area contributed by atoms with Crippen LogP contribution >= 0.6 is 11.6 Å². The van der Waals surface area contributed by atoms with E-state index in [2.05, 4.69) is 6.07 Å². The fourth-order valence-electron chi connectivity index (χ4n) is 2.91. The number of likely N-dealkylation sites (N-methyl/N-ethyl adjacent to an activating group) is 1. The van der Waals surface area contributed by atoms with Crippen molar-refractivity contribution in [2.24, 2.45) is 0 Å². The van der Waals surface area contributed by atoms with E-state index in [4.69, 9.17) is 16.3 Å². The van der Waals surface area contributed by atoms with Crippen LogP contribution in [0.15, 0.2) is 30.3 Å². The minimum atomic E-state index is -0.777. The highest BCUT2D eigenvalue weighted by atomic mass is 35.5. The number of hydrogen-bond donors (Lipinski definition) is 0. The van der Waals surface area contributed by atoms with Crippen LogP contribution in [0.4, 0.5) is 0 Å². The molecule has 1 aromatic carbocycles. The Kier molecular flexibility index (Phi) is 6.60. The maximum absolute atomic E-state index is 12.3. The number of nitrogens with zero attached hydrogens (tertiary/aromatic N) is 2. The Hall–Kier alpha value is -2.32. The molecule has 1 aliphatic carbocycles. The SMILES string of the molecule is CN(C(=O)COC(=O)/C=C/c1ccc(Cl)cc1)C1(C#N)CCCCC1. The molecule has 0 N–H and O–H groups in total. The van der Waals surface area contributed by atoms with Crippen LogP contribution in [0.1, 0.15) is 37.7 Å². The van der Waals surface area contributed by atoms with Crippen molar-refractivity contribution in [1.82, 2.24) is 4.90 Å². The highest BCUT2D eigenvalue weighted by molar-refractivity contribution is 6.30. The summed E-state index contributed by atoms with van der Waals surface area (Å²) in [5, 5.41) is 10.1. The van der Waals surface area contributed by atoms with Gasteiger partial charge in [0, 0.05) is 18.1 Å². The van der Waals surface area contributed by atoms with Crippen LogP contribution < -0.4 is 0 Å². The second-order valence-electron chi connectivity index (χ2n) is 6.15. The van der Waals surface area contributed by atoms with E-state index < -0.39 is 11.5 Å². The first-order valence-corrected chi connectivity index (χ1v) is 8.63. The molecule has 0 aliphatic heterocycles. The quantitative estimate of drug-likeness (QED) is 0.594. The molecule has 0 heterocycles. The molecule has 6 heteroatoms. The molecular weight excluding hydrogens is 340 g/mol. The highest BCUT2D eigenvalue weighted by Gasteiger charge is 2.38. The van der Waals surface area contributed by atoms with Crippen LogP contribution in [-0.2, 0) is 14.3 Å². The molecule has 0 radical (unpaired) electrons. The van der Waals surface area contributed by atoms with E-state index in [1.54, 1.807) is 37.4 Å². The van der Waals surface area contributed by atoms with Gasteiger partial charge in [0.15, 0.2) is 6.61 Å². The van der Waals surface area contributed by atoms with E-state index in [1.807, 2.05) is 0 Å². The number of rotatable bonds is 5. The van der Waals surface area contributed by atoms with Crippen LogP contribution in [0.2, 0.25) is 5.02 Å². The fourth-order valence-corrected chi connectivity index (χ4v) is 3.04. The number of esters is 1. The lowest BCUT2D eigenvalue weighted by Gasteiger charge is -2.38. The molecule has 1 fully saturated rings. The summed E-state index contributed by atoms with van der Waals surface area (Å²) in [5.74, 6) is -0.969. The number of benzene rings is 1. The van der Waals surface area contributed by atoms with Crippen LogP contribution in [0, 0.1) is 11.3 Å². The predicted molar refractivity (Wildman–Crippen MR) is 95.6 cm³/mol. The summed E-state index contributed by atoms with van der Waals surface area (Å²) in [7, 11) is 1.61. The molecule has 2 rings (SSSR count). The topological polar surface area (TPSA) is 70.4 Å². The number of ether oxygens (including phenoxy) is 1. The van der Waals surface area contributed by atoms with Gasteiger partial charge >= 0.3 is 5.97 Å². The van der Waals surface area contributed by atoms with Crippen LogP contribution in [0.25, 0.3) is 6.08 Å². The van der Waals surface area contributed by atoms with Crippen molar-refractivity contribution in [2.45, 2.75) is 37.6 Å². The molecule has 25 heavy (non-hydrogen) atoms. The second-order valence-corrected chi connectivity index (χ2v) is 6.59. The predicted octanol–water partition coefficient (Wildman–Crippen LogP) is 3.58. The Morgan fingerprint density at radius 1 is 1.28 bits per heavy atom. The van der Waals surface area contributed by atoms with Crippen molar-refractivity contribution in [2.75, 3.05) is 13.7 Å². The van der Waals surface area contributed by atoms with Gasteiger partial charge in [0.25, 0.3) is 5.91 Å². The van der Waals surface area contributed by atoms with E-state index in [0.29, 0.717) is 17.9 Å². The lowest BCUT2D eigenvalue weighted by Crippen LogP contribution is -2.51. The van der Waals surface area contributed by atoms with Gasteiger partial charge in [-0.1, -0.05) is 43.0 Å². The van der Waals surface area contributed by atoms with Crippen molar-refractivity contribution < 1.29 is 14.3 Å². The van der Waals surface area contributed by atoms with Gasteiger partial charge in [0.1, 0.15) is 5.54 Å².